The van der Waals surface area contributed by atoms with E-state index in [0.29, 0.717) is 18.2 Å². The third-order valence-corrected chi connectivity index (χ3v) is 4.30. The number of hydrogen-bond acceptors (Lipinski definition) is 5. The molecule has 1 aromatic heterocycles. The SMILES string of the molecule is CCCOc1ncnc(N2CC3CCCC3C2)c1N. The van der Waals surface area contributed by atoms with Crippen LogP contribution >= 0.6 is 0 Å². The summed E-state index contributed by atoms with van der Waals surface area (Å²) in [5, 5.41) is 0. The number of ether oxygens (including phenoxy) is 1. The molecular weight excluding hydrogens is 240 g/mol. The van der Waals surface area contributed by atoms with Gasteiger partial charge in [0.2, 0.25) is 5.88 Å². The molecule has 2 fully saturated rings. The van der Waals surface area contributed by atoms with Gasteiger partial charge in [-0.1, -0.05) is 13.3 Å². The van der Waals surface area contributed by atoms with E-state index < -0.39 is 0 Å². The molecule has 1 saturated heterocycles. The van der Waals surface area contributed by atoms with Crippen molar-refractivity contribution >= 4 is 11.5 Å². The molecule has 0 amide bonds. The Bertz CT molecular complexity index is 439. The first-order chi connectivity index (χ1) is 9.29. The van der Waals surface area contributed by atoms with Gasteiger partial charge in [-0.05, 0) is 31.1 Å². The molecule has 0 radical (unpaired) electrons. The number of anilines is 2. The lowest BCUT2D eigenvalue weighted by Crippen LogP contribution is -2.23. The van der Waals surface area contributed by atoms with E-state index in [0.717, 1.165) is 37.2 Å². The molecule has 2 atom stereocenters. The van der Waals surface area contributed by atoms with Gasteiger partial charge in [0.15, 0.2) is 5.82 Å². The Kier molecular flexibility index (Phi) is 3.44. The Morgan fingerprint density at radius 2 is 2.05 bits per heavy atom. The molecule has 0 spiro atoms. The van der Waals surface area contributed by atoms with Crippen molar-refractivity contribution < 1.29 is 4.74 Å². The summed E-state index contributed by atoms with van der Waals surface area (Å²) < 4.78 is 5.58. The molecule has 19 heavy (non-hydrogen) atoms. The summed E-state index contributed by atoms with van der Waals surface area (Å²) in [5.74, 6) is 3.04. The molecule has 5 nitrogen and oxygen atoms in total. The van der Waals surface area contributed by atoms with Crippen molar-refractivity contribution in [3.05, 3.63) is 6.33 Å². The second-order valence-electron chi connectivity index (χ2n) is 5.62. The zero-order chi connectivity index (χ0) is 13.2. The number of nitrogens with zero attached hydrogens (tertiary/aromatic N) is 3. The van der Waals surface area contributed by atoms with E-state index in [-0.39, 0.29) is 0 Å². The zero-order valence-electron chi connectivity index (χ0n) is 11.5. The standard InChI is InChI=1S/C14H22N4O/c1-2-6-19-14-12(15)13(16-9-17-14)18-7-10-4-3-5-11(10)8-18/h9-11H,2-8,15H2,1H3. The Labute approximate surface area is 114 Å². The van der Waals surface area contributed by atoms with E-state index in [1.54, 1.807) is 6.33 Å². The first kappa shape index (κ1) is 12.5. The normalized spacial score (nSPS) is 25.6. The van der Waals surface area contributed by atoms with E-state index in [1.165, 1.54) is 19.3 Å². The minimum atomic E-state index is 0.531. The first-order valence-electron chi connectivity index (χ1n) is 7.27. The van der Waals surface area contributed by atoms with Crippen LogP contribution in [0.15, 0.2) is 6.33 Å². The molecule has 2 unspecified atom stereocenters. The lowest BCUT2D eigenvalue weighted by Gasteiger charge is -2.20. The molecule has 104 valence electrons. The van der Waals surface area contributed by atoms with Gasteiger partial charge >= 0.3 is 0 Å². The Hall–Kier alpha value is -1.52. The Morgan fingerprint density at radius 3 is 2.74 bits per heavy atom. The van der Waals surface area contributed by atoms with Crippen molar-refractivity contribution in [2.45, 2.75) is 32.6 Å². The summed E-state index contributed by atoms with van der Waals surface area (Å²) in [6, 6.07) is 0. The topological polar surface area (TPSA) is 64.3 Å². The van der Waals surface area contributed by atoms with Gasteiger partial charge in [-0.2, -0.15) is 4.98 Å². The van der Waals surface area contributed by atoms with Crippen molar-refractivity contribution in [3.63, 3.8) is 0 Å². The van der Waals surface area contributed by atoms with Crippen LogP contribution in [0.3, 0.4) is 0 Å². The molecule has 1 aromatic rings. The molecular formula is C14H22N4O. The quantitative estimate of drug-likeness (QED) is 0.900. The van der Waals surface area contributed by atoms with Gasteiger partial charge < -0.3 is 15.4 Å². The van der Waals surface area contributed by atoms with Crippen molar-refractivity contribution in [1.29, 1.82) is 0 Å². The predicted octanol–water partition coefficient (Wildman–Crippen LogP) is 2.08. The highest BCUT2D eigenvalue weighted by molar-refractivity contribution is 5.68. The smallest absolute Gasteiger partial charge is 0.242 e. The number of nitrogen functional groups attached to an aromatic ring is 1. The highest BCUT2D eigenvalue weighted by Crippen LogP contribution is 2.41. The van der Waals surface area contributed by atoms with Crippen LogP contribution in [0.4, 0.5) is 11.5 Å². The number of rotatable bonds is 4. The van der Waals surface area contributed by atoms with Crippen molar-refractivity contribution in [2.75, 3.05) is 30.3 Å². The summed E-state index contributed by atoms with van der Waals surface area (Å²) in [7, 11) is 0. The maximum atomic E-state index is 6.16. The zero-order valence-corrected chi connectivity index (χ0v) is 11.5. The lowest BCUT2D eigenvalue weighted by molar-refractivity contribution is 0.306. The summed E-state index contributed by atoms with van der Waals surface area (Å²) in [6.07, 6.45) is 6.60. The van der Waals surface area contributed by atoms with Gasteiger partial charge in [0, 0.05) is 13.1 Å². The highest BCUT2D eigenvalue weighted by atomic mass is 16.5. The monoisotopic (exact) mass is 262 g/mol. The maximum Gasteiger partial charge on any atom is 0.242 e. The Balaban J connectivity index is 1.77. The molecule has 2 heterocycles. The fourth-order valence-corrected chi connectivity index (χ4v) is 3.34. The van der Waals surface area contributed by atoms with Crippen LogP contribution < -0.4 is 15.4 Å². The van der Waals surface area contributed by atoms with Crippen LogP contribution in [0, 0.1) is 11.8 Å². The van der Waals surface area contributed by atoms with Crippen molar-refractivity contribution in [3.8, 4) is 5.88 Å². The van der Waals surface area contributed by atoms with Crippen LogP contribution in [-0.2, 0) is 0 Å². The maximum absolute atomic E-state index is 6.16. The van der Waals surface area contributed by atoms with Crippen LogP contribution in [0.1, 0.15) is 32.6 Å². The highest BCUT2D eigenvalue weighted by Gasteiger charge is 2.37. The van der Waals surface area contributed by atoms with Crippen molar-refractivity contribution in [2.24, 2.45) is 11.8 Å². The van der Waals surface area contributed by atoms with E-state index >= 15 is 0 Å². The molecule has 3 rings (SSSR count). The number of aromatic nitrogens is 2. The van der Waals surface area contributed by atoms with Gasteiger partial charge in [-0.15, -0.1) is 0 Å². The summed E-state index contributed by atoms with van der Waals surface area (Å²) >= 11 is 0. The fraction of sp³-hybridized carbons (Fsp3) is 0.714. The molecule has 2 N–H and O–H groups in total. The van der Waals surface area contributed by atoms with Crippen molar-refractivity contribution in [1.82, 2.24) is 9.97 Å². The average Bonchev–Trinajstić information content (AvgIpc) is 2.98. The van der Waals surface area contributed by atoms with E-state index in [1.807, 2.05) is 0 Å². The van der Waals surface area contributed by atoms with Crippen LogP contribution in [-0.4, -0.2) is 29.7 Å². The minimum Gasteiger partial charge on any atom is -0.476 e. The number of hydrogen-bond donors (Lipinski definition) is 1. The number of fused-ring (bicyclic) bond motifs is 1. The second-order valence-corrected chi connectivity index (χ2v) is 5.62. The van der Waals surface area contributed by atoms with Crippen LogP contribution in [0.2, 0.25) is 0 Å². The second kappa shape index (κ2) is 5.23. The first-order valence-corrected chi connectivity index (χ1v) is 7.27. The van der Waals surface area contributed by atoms with Gasteiger partial charge in [0.1, 0.15) is 12.0 Å². The lowest BCUT2D eigenvalue weighted by atomic mass is 10.0. The molecule has 1 saturated carbocycles. The number of nitrogens with two attached hydrogens (primary N) is 1. The van der Waals surface area contributed by atoms with Gasteiger partial charge in [-0.3, -0.25) is 0 Å². The van der Waals surface area contributed by atoms with Gasteiger partial charge in [0.25, 0.3) is 0 Å². The minimum absolute atomic E-state index is 0.531. The molecule has 1 aliphatic carbocycles. The Morgan fingerprint density at radius 1 is 1.32 bits per heavy atom. The van der Waals surface area contributed by atoms with E-state index in [9.17, 15) is 0 Å². The van der Waals surface area contributed by atoms with Crippen LogP contribution in [0.5, 0.6) is 5.88 Å². The summed E-state index contributed by atoms with van der Waals surface area (Å²) in [4.78, 5) is 10.8. The molecule has 1 aliphatic heterocycles. The largest absolute Gasteiger partial charge is 0.476 e. The van der Waals surface area contributed by atoms with E-state index in [2.05, 4.69) is 21.8 Å². The molecule has 2 aliphatic rings. The third-order valence-electron chi connectivity index (χ3n) is 4.30. The summed E-state index contributed by atoms with van der Waals surface area (Å²) in [6.45, 7) is 4.88. The third kappa shape index (κ3) is 2.33. The van der Waals surface area contributed by atoms with E-state index in [4.69, 9.17) is 10.5 Å². The molecule has 5 heteroatoms. The van der Waals surface area contributed by atoms with Gasteiger partial charge in [0.05, 0.1) is 6.61 Å². The van der Waals surface area contributed by atoms with Gasteiger partial charge in [-0.25, -0.2) is 4.98 Å². The van der Waals surface area contributed by atoms with Crippen LogP contribution in [0.25, 0.3) is 0 Å². The average molecular weight is 262 g/mol. The predicted molar refractivity (Wildman–Crippen MR) is 75.3 cm³/mol. The summed E-state index contributed by atoms with van der Waals surface area (Å²) in [5.41, 5.74) is 6.76. The molecule has 0 aromatic carbocycles. The fourth-order valence-electron chi connectivity index (χ4n) is 3.34. The molecule has 0 bridgehead atoms.